The van der Waals surface area contributed by atoms with E-state index in [0.29, 0.717) is 24.1 Å². The maximum atomic E-state index is 13.7. The number of anilines is 1. The van der Waals surface area contributed by atoms with Crippen molar-refractivity contribution in [3.05, 3.63) is 58.7 Å². The summed E-state index contributed by atoms with van der Waals surface area (Å²) in [5, 5.41) is 2.46. The van der Waals surface area contributed by atoms with E-state index in [0.717, 1.165) is 0 Å². The second-order valence-electron chi connectivity index (χ2n) is 5.34. The lowest BCUT2D eigenvalue weighted by Gasteiger charge is -2.14. The second-order valence-corrected chi connectivity index (χ2v) is 5.34. The number of aromatic nitrogens is 1. The summed E-state index contributed by atoms with van der Waals surface area (Å²) in [4.78, 5) is 28.2. The molecule has 138 valence electrons. The first-order valence-electron chi connectivity index (χ1n) is 7.95. The zero-order chi connectivity index (χ0) is 19.3. The zero-order valence-corrected chi connectivity index (χ0v) is 14.2. The number of rotatable bonds is 6. The van der Waals surface area contributed by atoms with Crippen LogP contribution in [0.1, 0.15) is 35.5 Å². The zero-order valence-electron chi connectivity index (χ0n) is 14.2. The van der Waals surface area contributed by atoms with Crippen molar-refractivity contribution >= 4 is 17.6 Å². The number of carbonyl (C=O) groups is 2. The molecule has 1 N–H and O–H groups in total. The van der Waals surface area contributed by atoms with Gasteiger partial charge in [-0.25, -0.2) is 22.9 Å². The van der Waals surface area contributed by atoms with E-state index in [1.54, 1.807) is 19.9 Å². The van der Waals surface area contributed by atoms with Crippen LogP contribution in [0.3, 0.4) is 0 Å². The molecule has 0 fully saturated rings. The normalized spacial score (nSPS) is 10.5. The molecule has 2 aromatic rings. The van der Waals surface area contributed by atoms with Gasteiger partial charge in [0.25, 0.3) is 0 Å². The summed E-state index contributed by atoms with van der Waals surface area (Å²) in [6, 6.07) is 2.60. The molecule has 1 aromatic carbocycles. The minimum Gasteiger partial charge on any atom is -0.461 e. The first kappa shape index (κ1) is 19.4. The molecule has 0 radical (unpaired) electrons. The average Bonchev–Trinajstić information content (AvgIpc) is 2.58. The summed E-state index contributed by atoms with van der Waals surface area (Å²) in [7, 11) is 0. The molecule has 5 nitrogen and oxygen atoms in total. The standard InChI is InChI=1S/C18H17F3N2O3/c1-3-10-5-6-22-17(18(25)26-4-2)16(10)23-15(24)9-12-13(20)7-11(19)8-14(12)21/h5-8H,3-4,9H2,1-2H3,(H,23,24). The van der Waals surface area contributed by atoms with Crippen molar-refractivity contribution in [2.24, 2.45) is 0 Å². The number of amides is 1. The van der Waals surface area contributed by atoms with Gasteiger partial charge in [-0.2, -0.15) is 0 Å². The molecule has 0 spiro atoms. The fraction of sp³-hybridized carbons (Fsp3) is 0.278. The van der Waals surface area contributed by atoms with Crippen LogP contribution in [0.4, 0.5) is 18.9 Å². The van der Waals surface area contributed by atoms with E-state index in [9.17, 15) is 22.8 Å². The smallest absolute Gasteiger partial charge is 0.359 e. The highest BCUT2D eigenvalue weighted by molar-refractivity contribution is 6.01. The van der Waals surface area contributed by atoms with Crippen molar-refractivity contribution in [2.75, 3.05) is 11.9 Å². The minimum absolute atomic E-state index is 0.0976. The van der Waals surface area contributed by atoms with Crippen LogP contribution in [0, 0.1) is 17.5 Å². The first-order chi connectivity index (χ1) is 12.4. The number of nitrogens with one attached hydrogen (secondary N) is 1. The quantitative estimate of drug-likeness (QED) is 0.796. The van der Waals surface area contributed by atoms with E-state index in [1.807, 2.05) is 0 Å². The Labute approximate surface area is 148 Å². The van der Waals surface area contributed by atoms with Gasteiger partial charge in [0.1, 0.15) is 17.5 Å². The molecular weight excluding hydrogens is 349 g/mol. The highest BCUT2D eigenvalue weighted by Crippen LogP contribution is 2.22. The van der Waals surface area contributed by atoms with Crippen molar-refractivity contribution in [2.45, 2.75) is 26.7 Å². The topological polar surface area (TPSA) is 68.3 Å². The van der Waals surface area contributed by atoms with Gasteiger partial charge in [-0.3, -0.25) is 4.79 Å². The second kappa shape index (κ2) is 8.46. The van der Waals surface area contributed by atoms with Gasteiger partial charge in [0, 0.05) is 23.9 Å². The number of aryl methyl sites for hydroxylation is 1. The number of pyridine rings is 1. The summed E-state index contributed by atoms with van der Waals surface area (Å²) in [5.74, 6) is -4.90. The Bertz CT molecular complexity index is 817. The molecule has 1 heterocycles. The van der Waals surface area contributed by atoms with Crippen LogP contribution >= 0.6 is 0 Å². The monoisotopic (exact) mass is 366 g/mol. The van der Waals surface area contributed by atoms with Gasteiger partial charge in [-0.05, 0) is 25.0 Å². The molecule has 1 amide bonds. The summed E-state index contributed by atoms with van der Waals surface area (Å²) < 4.78 is 45.3. The van der Waals surface area contributed by atoms with Crippen molar-refractivity contribution in [3.63, 3.8) is 0 Å². The van der Waals surface area contributed by atoms with Gasteiger partial charge in [-0.15, -0.1) is 0 Å². The maximum absolute atomic E-state index is 13.7. The SMILES string of the molecule is CCOC(=O)c1nccc(CC)c1NC(=O)Cc1c(F)cc(F)cc1F. The highest BCUT2D eigenvalue weighted by atomic mass is 19.1. The largest absolute Gasteiger partial charge is 0.461 e. The molecule has 0 saturated carbocycles. The maximum Gasteiger partial charge on any atom is 0.359 e. The average molecular weight is 366 g/mol. The van der Waals surface area contributed by atoms with Crippen LogP contribution in [-0.4, -0.2) is 23.5 Å². The Morgan fingerprint density at radius 3 is 2.38 bits per heavy atom. The Kier molecular flexibility index (Phi) is 6.32. The van der Waals surface area contributed by atoms with Crippen LogP contribution in [0.15, 0.2) is 24.4 Å². The number of hydrogen-bond donors (Lipinski definition) is 1. The molecule has 1 aromatic heterocycles. The van der Waals surface area contributed by atoms with Gasteiger partial charge in [0.15, 0.2) is 5.69 Å². The Hall–Kier alpha value is -2.90. The predicted octanol–water partition coefficient (Wildman–Crippen LogP) is 3.42. The van der Waals surface area contributed by atoms with Crippen molar-refractivity contribution in [1.82, 2.24) is 4.98 Å². The molecule has 0 unspecified atom stereocenters. The number of hydrogen-bond acceptors (Lipinski definition) is 4. The van der Waals surface area contributed by atoms with Crippen LogP contribution in [0.2, 0.25) is 0 Å². The highest BCUT2D eigenvalue weighted by Gasteiger charge is 2.21. The number of ether oxygens (including phenoxy) is 1. The summed E-state index contributed by atoms with van der Waals surface area (Å²) in [6.07, 6.45) is 1.21. The van der Waals surface area contributed by atoms with Crippen molar-refractivity contribution in [3.8, 4) is 0 Å². The number of benzene rings is 1. The molecule has 2 rings (SSSR count). The molecule has 8 heteroatoms. The lowest BCUT2D eigenvalue weighted by Crippen LogP contribution is -2.21. The van der Waals surface area contributed by atoms with Crippen molar-refractivity contribution < 1.29 is 27.5 Å². The third-order valence-corrected chi connectivity index (χ3v) is 3.59. The van der Waals surface area contributed by atoms with Crippen molar-refractivity contribution in [1.29, 1.82) is 0 Å². The Balaban J connectivity index is 2.30. The Morgan fingerprint density at radius 1 is 1.15 bits per heavy atom. The van der Waals surface area contributed by atoms with Crippen LogP contribution in [0.5, 0.6) is 0 Å². The van der Waals surface area contributed by atoms with Gasteiger partial charge in [-0.1, -0.05) is 6.92 Å². The first-order valence-corrected chi connectivity index (χ1v) is 7.95. The van der Waals surface area contributed by atoms with Gasteiger partial charge in [0.2, 0.25) is 5.91 Å². The van der Waals surface area contributed by atoms with Gasteiger partial charge < -0.3 is 10.1 Å². The number of carbonyl (C=O) groups excluding carboxylic acids is 2. The summed E-state index contributed by atoms with van der Waals surface area (Å²) >= 11 is 0. The van der Waals surface area contributed by atoms with Crippen LogP contribution in [0.25, 0.3) is 0 Å². The lowest BCUT2D eigenvalue weighted by molar-refractivity contribution is -0.115. The molecule has 0 aliphatic heterocycles. The molecule has 26 heavy (non-hydrogen) atoms. The minimum atomic E-state index is -1.16. The molecule has 0 aliphatic carbocycles. The van der Waals surface area contributed by atoms with E-state index in [1.165, 1.54) is 6.20 Å². The van der Waals surface area contributed by atoms with Crippen LogP contribution < -0.4 is 5.32 Å². The number of halogens is 3. The molecule has 0 atom stereocenters. The predicted molar refractivity (Wildman–Crippen MR) is 88.2 cm³/mol. The van der Waals surface area contributed by atoms with E-state index >= 15 is 0 Å². The van der Waals surface area contributed by atoms with Gasteiger partial charge >= 0.3 is 5.97 Å². The fourth-order valence-corrected chi connectivity index (χ4v) is 2.38. The fourth-order valence-electron chi connectivity index (χ4n) is 2.38. The third-order valence-electron chi connectivity index (χ3n) is 3.59. The molecule has 0 bridgehead atoms. The van der Waals surface area contributed by atoms with E-state index < -0.39 is 41.3 Å². The number of nitrogens with zero attached hydrogens (tertiary/aromatic N) is 1. The molecular formula is C18H17F3N2O3. The van der Waals surface area contributed by atoms with Crippen LogP contribution in [-0.2, 0) is 22.4 Å². The van der Waals surface area contributed by atoms with E-state index in [-0.39, 0.29) is 18.0 Å². The lowest BCUT2D eigenvalue weighted by atomic mass is 10.1. The van der Waals surface area contributed by atoms with Gasteiger partial charge in [0.05, 0.1) is 18.7 Å². The van der Waals surface area contributed by atoms with E-state index in [2.05, 4.69) is 10.3 Å². The molecule has 0 aliphatic rings. The third kappa shape index (κ3) is 4.38. The Morgan fingerprint density at radius 2 is 1.81 bits per heavy atom. The summed E-state index contributed by atoms with van der Waals surface area (Å²) in [6.45, 7) is 3.55. The molecule has 0 saturated heterocycles. The summed E-state index contributed by atoms with van der Waals surface area (Å²) in [5.41, 5.74) is 0.0703. The number of esters is 1. The van der Waals surface area contributed by atoms with E-state index in [4.69, 9.17) is 4.74 Å².